The molecule has 1 amide bonds. The highest BCUT2D eigenvalue weighted by Gasteiger charge is 2.43. The number of nitrogens with one attached hydrogen (secondary N) is 1. The van der Waals surface area contributed by atoms with Gasteiger partial charge in [0.15, 0.2) is 0 Å². The third-order valence-corrected chi connectivity index (χ3v) is 5.09. The largest absolute Gasteiger partial charge is 0.417 e. The Hall–Kier alpha value is -1.63. The monoisotopic (exact) mass is 357 g/mol. The minimum Gasteiger partial charge on any atom is -0.273 e. The average Bonchev–Trinajstić information content (AvgIpc) is 3.11. The first-order valence-corrected chi connectivity index (χ1v) is 8.96. The molecule has 2 heterocycles. The third kappa shape index (κ3) is 3.97. The predicted octanol–water partition coefficient (Wildman–Crippen LogP) is 4.44. The van der Waals surface area contributed by atoms with Crippen LogP contribution in [0, 0.1) is 5.41 Å². The SMILES string of the molecule is CC.CCC1(C(=O)N2Cc3cc(C(F)(F)F)cnc3CN2)CCCC1. The van der Waals surface area contributed by atoms with Gasteiger partial charge in [0.2, 0.25) is 5.91 Å². The lowest BCUT2D eigenvalue weighted by Crippen LogP contribution is -2.51. The van der Waals surface area contributed by atoms with Crippen molar-refractivity contribution in [3.63, 3.8) is 0 Å². The maximum absolute atomic E-state index is 12.9. The van der Waals surface area contributed by atoms with Crippen LogP contribution in [0.25, 0.3) is 0 Å². The van der Waals surface area contributed by atoms with E-state index < -0.39 is 11.7 Å². The first-order valence-electron chi connectivity index (χ1n) is 8.96. The van der Waals surface area contributed by atoms with Crippen LogP contribution in [-0.4, -0.2) is 15.9 Å². The number of hydrazine groups is 1. The summed E-state index contributed by atoms with van der Waals surface area (Å²) < 4.78 is 38.5. The fourth-order valence-corrected chi connectivity index (χ4v) is 3.59. The van der Waals surface area contributed by atoms with Gasteiger partial charge in [-0.3, -0.25) is 14.8 Å². The molecule has 0 radical (unpaired) electrons. The Morgan fingerprint density at radius 1 is 1.32 bits per heavy atom. The molecule has 3 rings (SSSR count). The van der Waals surface area contributed by atoms with Crippen LogP contribution in [0.4, 0.5) is 13.2 Å². The summed E-state index contributed by atoms with van der Waals surface area (Å²) in [6.07, 6.45) is 0.966. The van der Waals surface area contributed by atoms with Crippen LogP contribution in [0.15, 0.2) is 12.3 Å². The van der Waals surface area contributed by atoms with Crippen molar-refractivity contribution in [1.82, 2.24) is 15.4 Å². The summed E-state index contributed by atoms with van der Waals surface area (Å²) in [4.78, 5) is 16.8. The molecule has 7 heteroatoms. The number of halogens is 3. The number of rotatable bonds is 2. The molecule has 0 spiro atoms. The summed E-state index contributed by atoms with van der Waals surface area (Å²) in [5.74, 6) is 0.000520. The molecule has 1 fully saturated rings. The van der Waals surface area contributed by atoms with E-state index in [0.717, 1.165) is 44.4 Å². The summed E-state index contributed by atoms with van der Waals surface area (Å²) in [5.41, 5.74) is 2.92. The molecule has 0 aromatic carbocycles. The fraction of sp³-hybridized carbons (Fsp3) is 0.667. The zero-order chi connectivity index (χ0) is 18.7. The Balaban J connectivity index is 0.00000109. The number of aromatic nitrogens is 1. The third-order valence-electron chi connectivity index (χ3n) is 5.09. The molecule has 4 nitrogen and oxygen atoms in total. The molecule has 140 valence electrons. The van der Waals surface area contributed by atoms with Crippen molar-refractivity contribution in [2.24, 2.45) is 5.41 Å². The van der Waals surface area contributed by atoms with Crippen molar-refractivity contribution in [3.8, 4) is 0 Å². The van der Waals surface area contributed by atoms with Crippen LogP contribution in [0.3, 0.4) is 0 Å². The summed E-state index contributed by atoms with van der Waals surface area (Å²) in [6, 6.07) is 1.11. The molecule has 1 saturated carbocycles. The van der Waals surface area contributed by atoms with Gasteiger partial charge in [0.05, 0.1) is 29.8 Å². The Kier molecular flexibility index (Phi) is 6.08. The average molecular weight is 357 g/mol. The molecule has 2 aliphatic rings. The lowest BCUT2D eigenvalue weighted by Gasteiger charge is -2.36. The van der Waals surface area contributed by atoms with Gasteiger partial charge >= 0.3 is 6.18 Å². The van der Waals surface area contributed by atoms with Crippen molar-refractivity contribution in [2.75, 3.05) is 0 Å². The van der Waals surface area contributed by atoms with Gasteiger partial charge in [-0.15, -0.1) is 0 Å². The zero-order valence-electron chi connectivity index (χ0n) is 15.0. The maximum Gasteiger partial charge on any atom is 0.417 e. The minimum absolute atomic E-state index is 0.000520. The number of fused-ring (bicyclic) bond motifs is 1. The van der Waals surface area contributed by atoms with Crippen LogP contribution in [0.2, 0.25) is 0 Å². The van der Waals surface area contributed by atoms with Gasteiger partial charge in [-0.25, -0.2) is 5.43 Å². The number of alkyl halides is 3. The van der Waals surface area contributed by atoms with E-state index in [-0.39, 0.29) is 24.4 Å². The second-order valence-electron chi connectivity index (χ2n) is 6.39. The quantitative estimate of drug-likeness (QED) is 0.851. The Bertz CT molecular complexity index is 610. The topological polar surface area (TPSA) is 45.2 Å². The number of hydrogen-bond acceptors (Lipinski definition) is 3. The van der Waals surface area contributed by atoms with Crippen LogP contribution in [0.5, 0.6) is 0 Å². The molecule has 0 unspecified atom stereocenters. The Morgan fingerprint density at radius 3 is 2.52 bits per heavy atom. The lowest BCUT2D eigenvalue weighted by molar-refractivity contribution is -0.147. The molecule has 1 aromatic rings. The number of carbonyl (C=O) groups excluding carboxylic acids is 1. The Morgan fingerprint density at radius 2 is 1.96 bits per heavy atom. The zero-order valence-corrected chi connectivity index (χ0v) is 15.0. The standard InChI is InChI=1S/C16H20F3N3O.C2H6/c1-2-15(5-3-4-6-15)14(23)22-10-11-7-12(16(17,18)19)8-20-13(11)9-21-22;1-2/h7-8,21H,2-6,9-10H2,1H3;1-2H3. The van der Waals surface area contributed by atoms with E-state index >= 15 is 0 Å². The summed E-state index contributed by atoms with van der Waals surface area (Å²) in [5, 5.41) is 1.49. The summed E-state index contributed by atoms with van der Waals surface area (Å²) in [7, 11) is 0. The molecular weight excluding hydrogens is 331 g/mol. The minimum atomic E-state index is -4.42. The van der Waals surface area contributed by atoms with Crippen LogP contribution < -0.4 is 5.43 Å². The molecule has 0 bridgehead atoms. The molecule has 1 aliphatic carbocycles. The molecule has 25 heavy (non-hydrogen) atoms. The number of pyridine rings is 1. The smallest absolute Gasteiger partial charge is 0.273 e. The van der Waals surface area contributed by atoms with Gasteiger partial charge in [-0.2, -0.15) is 13.2 Å². The second kappa shape index (κ2) is 7.72. The lowest BCUT2D eigenvalue weighted by atomic mass is 9.82. The number of amides is 1. The van der Waals surface area contributed by atoms with Gasteiger partial charge in [0, 0.05) is 6.20 Å². The maximum atomic E-state index is 12.9. The van der Waals surface area contributed by atoms with Crippen molar-refractivity contribution in [2.45, 2.75) is 72.1 Å². The van der Waals surface area contributed by atoms with Gasteiger partial charge in [-0.05, 0) is 30.9 Å². The Labute approximate surface area is 146 Å². The molecule has 1 aromatic heterocycles. The van der Waals surface area contributed by atoms with Gasteiger partial charge in [0.25, 0.3) is 0 Å². The van der Waals surface area contributed by atoms with E-state index in [1.165, 1.54) is 5.01 Å². The van der Waals surface area contributed by atoms with Crippen LogP contribution in [-0.2, 0) is 24.1 Å². The second-order valence-corrected chi connectivity index (χ2v) is 6.39. The van der Waals surface area contributed by atoms with E-state index in [4.69, 9.17) is 0 Å². The van der Waals surface area contributed by atoms with Crippen LogP contribution in [0.1, 0.15) is 69.7 Å². The number of hydrogen-bond donors (Lipinski definition) is 1. The normalized spacial score (nSPS) is 19.0. The van der Waals surface area contributed by atoms with Crippen molar-refractivity contribution in [3.05, 3.63) is 29.1 Å². The van der Waals surface area contributed by atoms with Gasteiger partial charge < -0.3 is 0 Å². The predicted molar refractivity (Wildman–Crippen MR) is 89.2 cm³/mol. The molecule has 1 N–H and O–H groups in total. The van der Waals surface area contributed by atoms with Crippen molar-refractivity contribution < 1.29 is 18.0 Å². The van der Waals surface area contributed by atoms with Gasteiger partial charge in [0.1, 0.15) is 0 Å². The molecule has 0 atom stereocenters. The van der Waals surface area contributed by atoms with Crippen LogP contribution >= 0.6 is 0 Å². The first-order chi connectivity index (χ1) is 11.9. The summed E-state index contributed by atoms with van der Waals surface area (Å²) >= 11 is 0. The first kappa shape index (κ1) is 19.7. The van der Waals surface area contributed by atoms with Crippen molar-refractivity contribution in [1.29, 1.82) is 0 Å². The number of nitrogens with zero attached hydrogens (tertiary/aromatic N) is 2. The summed E-state index contributed by atoms with van der Waals surface area (Å²) in [6.45, 7) is 6.41. The highest BCUT2D eigenvalue weighted by Crippen LogP contribution is 2.43. The highest BCUT2D eigenvalue weighted by molar-refractivity contribution is 5.82. The highest BCUT2D eigenvalue weighted by atomic mass is 19.4. The fourth-order valence-electron chi connectivity index (χ4n) is 3.59. The molecule has 0 saturated heterocycles. The van der Waals surface area contributed by atoms with E-state index in [1.807, 2.05) is 20.8 Å². The van der Waals surface area contributed by atoms with Crippen molar-refractivity contribution >= 4 is 5.91 Å². The van der Waals surface area contributed by atoms with E-state index in [2.05, 4.69) is 10.4 Å². The van der Waals surface area contributed by atoms with Gasteiger partial charge in [-0.1, -0.05) is 33.6 Å². The molecular formula is C18H26F3N3O. The number of carbonyl (C=O) groups is 1. The molecule has 1 aliphatic heterocycles. The van der Waals surface area contributed by atoms with E-state index in [1.54, 1.807) is 0 Å². The van der Waals surface area contributed by atoms with E-state index in [0.29, 0.717) is 11.3 Å². The van der Waals surface area contributed by atoms with E-state index in [9.17, 15) is 18.0 Å².